The molecule has 0 spiro atoms. The van der Waals surface area contributed by atoms with Crippen LogP contribution in [0.3, 0.4) is 0 Å². The summed E-state index contributed by atoms with van der Waals surface area (Å²) >= 11 is 1.42. The zero-order valence-electron chi connectivity index (χ0n) is 10.6. The second-order valence-corrected chi connectivity index (χ2v) is 7.69. The Bertz CT molecular complexity index is 492. The summed E-state index contributed by atoms with van der Waals surface area (Å²) in [4.78, 5) is 1.32. The number of hydrogen-bond donors (Lipinski definition) is 1. The summed E-state index contributed by atoms with van der Waals surface area (Å²) in [6, 6.07) is 1.70. The van der Waals surface area contributed by atoms with Gasteiger partial charge >= 0.3 is 0 Å². The minimum atomic E-state index is -3.32. The van der Waals surface area contributed by atoms with Crippen molar-refractivity contribution in [3.8, 4) is 0 Å². The first-order chi connectivity index (χ1) is 8.57. The lowest BCUT2D eigenvalue weighted by molar-refractivity contribution is 0.396. The number of nitrogens with two attached hydrogens (primary N) is 1. The molecule has 0 saturated heterocycles. The third-order valence-electron chi connectivity index (χ3n) is 3.10. The summed E-state index contributed by atoms with van der Waals surface area (Å²) in [7, 11) is -3.32. The SMILES string of the molecule is CCCN(CC1CC1)S(=O)(=O)c1csc(CN)c1. The van der Waals surface area contributed by atoms with Crippen LogP contribution in [0.25, 0.3) is 0 Å². The Kier molecular flexibility index (Phi) is 4.42. The Morgan fingerprint density at radius 3 is 2.72 bits per heavy atom. The van der Waals surface area contributed by atoms with Crippen molar-refractivity contribution in [1.29, 1.82) is 0 Å². The zero-order valence-corrected chi connectivity index (χ0v) is 12.3. The molecule has 18 heavy (non-hydrogen) atoms. The van der Waals surface area contributed by atoms with Crippen LogP contribution in [0.4, 0.5) is 0 Å². The molecule has 1 aliphatic carbocycles. The molecule has 1 fully saturated rings. The van der Waals surface area contributed by atoms with Crippen LogP contribution in [0.15, 0.2) is 16.3 Å². The standard InChI is InChI=1S/C12H20N2O2S2/c1-2-5-14(8-10-3-4-10)18(15,16)12-6-11(7-13)17-9-12/h6,9-10H,2-5,7-8,13H2,1H3. The van der Waals surface area contributed by atoms with Crippen molar-refractivity contribution in [2.24, 2.45) is 11.7 Å². The van der Waals surface area contributed by atoms with Gasteiger partial charge in [-0.2, -0.15) is 4.31 Å². The monoisotopic (exact) mass is 288 g/mol. The van der Waals surface area contributed by atoms with E-state index < -0.39 is 10.0 Å². The molecule has 0 atom stereocenters. The second-order valence-electron chi connectivity index (χ2n) is 4.76. The van der Waals surface area contributed by atoms with Crippen LogP contribution in [-0.2, 0) is 16.6 Å². The molecule has 6 heteroatoms. The summed E-state index contributed by atoms with van der Waals surface area (Å²) in [5.41, 5.74) is 5.53. The van der Waals surface area contributed by atoms with E-state index >= 15 is 0 Å². The highest BCUT2D eigenvalue weighted by Crippen LogP contribution is 2.32. The Hall–Kier alpha value is -0.430. The highest BCUT2D eigenvalue weighted by atomic mass is 32.2. The minimum Gasteiger partial charge on any atom is -0.326 e. The van der Waals surface area contributed by atoms with E-state index in [1.165, 1.54) is 11.3 Å². The lowest BCUT2D eigenvalue weighted by atomic mass is 10.4. The van der Waals surface area contributed by atoms with Crippen molar-refractivity contribution in [3.63, 3.8) is 0 Å². The van der Waals surface area contributed by atoms with Gasteiger partial charge in [0.2, 0.25) is 10.0 Å². The molecule has 1 aromatic rings. The fourth-order valence-corrected chi connectivity index (χ4v) is 4.65. The van der Waals surface area contributed by atoms with Crippen LogP contribution >= 0.6 is 11.3 Å². The van der Waals surface area contributed by atoms with Gasteiger partial charge in [-0.3, -0.25) is 0 Å². The summed E-state index contributed by atoms with van der Waals surface area (Å²) < 4.78 is 26.6. The Morgan fingerprint density at radius 1 is 1.50 bits per heavy atom. The van der Waals surface area contributed by atoms with Gasteiger partial charge in [-0.05, 0) is 31.2 Å². The minimum absolute atomic E-state index is 0.399. The van der Waals surface area contributed by atoms with Gasteiger partial charge in [0, 0.05) is 29.9 Å². The molecule has 102 valence electrons. The third-order valence-corrected chi connectivity index (χ3v) is 6.05. The van der Waals surface area contributed by atoms with Crippen LogP contribution in [0, 0.1) is 5.92 Å². The molecule has 0 amide bonds. The van der Waals surface area contributed by atoms with E-state index in [9.17, 15) is 8.42 Å². The van der Waals surface area contributed by atoms with Crippen LogP contribution in [0.2, 0.25) is 0 Å². The molecule has 0 unspecified atom stereocenters. The average Bonchev–Trinajstić information content (AvgIpc) is 3.02. The van der Waals surface area contributed by atoms with E-state index in [2.05, 4.69) is 0 Å². The van der Waals surface area contributed by atoms with Crippen LogP contribution < -0.4 is 5.73 Å². The maximum absolute atomic E-state index is 12.5. The predicted molar refractivity (Wildman–Crippen MR) is 74.0 cm³/mol. The van der Waals surface area contributed by atoms with E-state index in [0.717, 1.165) is 24.1 Å². The van der Waals surface area contributed by atoms with Gasteiger partial charge in [-0.15, -0.1) is 11.3 Å². The molecule has 2 N–H and O–H groups in total. The van der Waals surface area contributed by atoms with Crippen molar-refractivity contribution >= 4 is 21.4 Å². The first kappa shape index (κ1) is 14.0. The third kappa shape index (κ3) is 3.12. The molecule has 4 nitrogen and oxygen atoms in total. The number of nitrogens with zero attached hydrogens (tertiary/aromatic N) is 1. The largest absolute Gasteiger partial charge is 0.326 e. The quantitative estimate of drug-likeness (QED) is 0.835. The molecule has 1 saturated carbocycles. The maximum Gasteiger partial charge on any atom is 0.243 e. The lowest BCUT2D eigenvalue weighted by Crippen LogP contribution is -2.33. The lowest BCUT2D eigenvalue weighted by Gasteiger charge is -2.20. The number of sulfonamides is 1. The van der Waals surface area contributed by atoms with E-state index in [1.54, 1.807) is 15.8 Å². The predicted octanol–water partition coefficient (Wildman–Crippen LogP) is 2.02. The van der Waals surface area contributed by atoms with E-state index in [1.807, 2.05) is 6.92 Å². The molecule has 0 aliphatic heterocycles. The average molecular weight is 288 g/mol. The molecule has 1 aliphatic rings. The van der Waals surface area contributed by atoms with Crippen LogP contribution in [0.1, 0.15) is 31.1 Å². The topological polar surface area (TPSA) is 63.4 Å². The van der Waals surface area contributed by atoms with Crippen molar-refractivity contribution in [1.82, 2.24) is 4.31 Å². The van der Waals surface area contributed by atoms with Gasteiger partial charge in [0.15, 0.2) is 0 Å². The first-order valence-electron chi connectivity index (χ1n) is 6.35. The number of rotatable bonds is 7. The first-order valence-corrected chi connectivity index (χ1v) is 8.67. The van der Waals surface area contributed by atoms with E-state index in [0.29, 0.717) is 30.4 Å². The van der Waals surface area contributed by atoms with Crippen LogP contribution in [-0.4, -0.2) is 25.8 Å². The van der Waals surface area contributed by atoms with Crippen molar-refractivity contribution in [2.75, 3.05) is 13.1 Å². The fourth-order valence-electron chi connectivity index (χ4n) is 1.90. The van der Waals surface area contributed by atoms with Gasteiger partial charge in [-0.1, -0.05) is 6.92 Å². The molecule has 0 radical (unpaired) electrons. The van der Waals surface area contributed by atoms with E-state index in [4.69, 9.17) is 5.73 Å². The van der Waals surface area contributed by atoms with Gasteiger partial charge in [0.25, 0.3) is 0 Å². The molecule has 0 aromatic carbocycles. The van der Waals surface area contributed by atoms with Crippen molar-refractivity contribution in [3.05, 3.63) is 16.3 Å². The Balaban J connectivity index is 2.19. The number of hydrogen-bond acceptors (Lipinski definition) is 4. The smallest absolute Gasteiger partial charge is 0.243 e. The van der Waals surface area contributed by atoms with Gasteiger partial charge in [0.05, 0.1) is 4.90 Å². The van der Waals surface area contributed by atoms with Gasteiger partial charge < -0.3 is 5.73 Å². The van der Waals surface area contributed by atoms with Crippen LogP contribution in [0.5, 0.6) is 0 Å². The molecule has 0 bridgehead atoms. The summed E-state index contributed by atoms with van der Waals surface area (Å²) in [6.07, 6.45) is 3.17. The number of thiophene rings is 1. The molecular weight excluding hydrogens is 268 g/mol. The molecular formula is C12H20N2O2S2. The fraction of sp³-hybridized carbons (Fsp3) is 0.667. The Labute approximate surface area is 113 Å². The highest BCUT2D eigenvalue weighted by molar-refractivity contribution is 7.89. The molecule has 1 heterocycles. The maximum atomic E-state index is 12.5. The summed E-state index contributed by atoms with van der Waals surface area (Å²) in [6.45, 7) is 3.68. The van der Waals surface area contributed by atoms with Gasteiger partial charge in [-0.25, -0.2) is 8.42 Å². The van der Waals surface area contributed by atoms with Crippen molar-refractivity contribution < 1.29 is 8.42 Å². The molecule has 1 aromatic heterocycles. The highest BCUT2D eigenvalue weighted by Gasteiger charge is 2.31. The zero-order chi connectivity index (χ0) is 13.2. The van der Waals surface area contributed by atoms with Gasteiger partial charge in [0.1, 0.15) is 0 Å². The Morgan fingerprint density at radius 2 is 2.22 bits per heavy atom. The summed E-state index contributed by atoms with van der Waals surface area (Å²) in [5.74, 6) is 0.568. The van der Waals surface area contributed by atoms with E-state index in [-0.39, 0.29) is 0 Å². The van der Waals surface area contributed by atoms with Crippen molar-refractivity contribution in [2.45, 2.75) is 37.6 Å². The molecule has 2 rings (SSSR count). The second kappa shape index (κ2) is 5.69. The summed E-state index contributed by atoms with van der Waals surface area (Å²) in [5, 5.41) is 1.70. The normalized spacial score (nSPS) is 16.4.